The molecule has 0 aromatic heterocycles. The van der Waals surface area contributed by atoms with Gasteiger partial charge in [0.15, 0.2) is 17.7 Å². The molecule has 6 nitrogen and oxygen atoms in total. The molecule has 0 saturated heterocycles. The molecule has 2 aromatic carbocycles. The number of halogens is 1. The van der Waals surface area contributed by atoms with Crippen LogP contribution in [0.3, 0.4) is 0 Å². The predicted octanol–water partition coefficient (Wildman–Crippen LogP) is 3.05. The average Bonchev–Trinajstić information content (AvgIpc) is 2.59. The van der Waals surface area contributed by atoms with E-state index in [1.807, 2.05) is 12.1 Å². The molecule has 0 bridgehead atoms. The standard InChI is InChI=1S/C18H16BrN3O3/c1-23-15-6-9(5-13(19)17(15)24-2)16-11-4-3-10(21)7-14(11)25-18(22)12(16)8-20/h3-7,18H,21-22H2,1-2H3. The second-order valence-corrected chi connectivity index (χ2v) is 6.24. The molecule has 25 heavy (non-hydrogen) atoms. The van der Waals surface area contributed by atoms with Crippen LogP contribution >= 0.6 is 15.9 Å². The maximum absolute atomic E-state index is 9.61. The van der Waals surface area contributed by atoms with Crippen molar-refractivity contribution < 1.29 is 14.2 Å². The maximum atomic E-state index is 9.61. The van der Waals surface area contributed by atoms with E-state index in [-0.39, 0.29) is 0 Å². The summed E-state index contributed by atoms with van der Waals surface area (Å²) in [6.07, 6.45) is -0.874. The van der Waals surface area contributed by atoms with Crippen LogP contribution in [0.2, 0.25) is 0 Å². The van der Waals surface area contributed by atoms with Crippen LogP contribution in [0.25, 0.3) is 5.57 Å². The number of benzene rings is 2. The summed E-state index contributed by atoms with van der Waals surface area (Å²) in [7, 11) is 3.11. The van der Waals surface area contributed by atoms with Crippen molar-refractivity contribution in [2.75, 3.05) is 20.0 Å². The van der Waals surface area contributed by atoms with E-state index >= 15 is 0 Å². The van der Waals surface area contributed by atoms with Crippen molar-refractivity contribution >= 4 is 27.2 Å². The van der Waals surface area contributed by atoms with Gasteiger partial charge < -0.3 is 19.9 Å². The van der Waals surface area contributed by atoms with E-state index < -0.39 is 6.23 Å². The Bertz CT molecular complexity index is 919. The summed E-state index contributed by atoms with van der Waals surface area (Å²) in [4.78, 5) is 0. The zero-order valence-corrected chi connectivity index (χ0v) is 15.3. The number of hydrogen-bond acceptors (Lipinski definition) is 6. The average molecular weight is 402 g/mol. The molecule has 0 spiro atoms. The minimum absolute atomic E-state index is 0.330. The second-order valence-electron chi connectivity index (χ2n) is 5.39. The Morgan fingerprint density at radius 2 is 1.96 bits per heavy atom. The van der Waals surface area contributed by atoms with Crippen molar-refractivity contribution in [1.82, 2.24) is 0 Å². The fraction of sp³-hybridized carbons (Fsp3) is 0.167. The quantitative estimate of drug-likeness (QED) is 0.765. The van der Waals surface area contributed by atoms with Crippen LogP contribution in [-0.2, 0) is 0 Å². The first-order valence-corrected chi connectivity index (χ1v) is 8.17. The zero-order valence-electron chi connectivity index (χ0n) is 13.7. The highest BCUT2D eigenvalue weighted by Gasteiger charge is 2.28. The third-order valence-corrected chi connectivity index (χ3v) is 4.51. The minimum Gasteiger partial charge on any atom is -0.493 e. The molecule has 1 heterocycles. The molecule has 2 aromatic rings. The Morgan fingerprint density at radius 1 is 1.20 bits per heavy atom. The van der Waals surface area contributed by atoms with Gasteiger partial charge in [0, 0.05) is 22.9 Å². The number of nitrogens with two attached hydrogens (primary N) is 2. The summed E-state index contributed by atoms with van der Waals surface area (Å²) in [6.45, 7) is 0. The van der Waals surface area contributed by atoms with E-state index in [0.29, 0.717) is 38.6 Å². The molecule has 4 N–H and O–H groups in total. The lowest BCUT2D eigenvalue weighted by atomic mass is 9.90. The molecule has 1 unspecified atom stereocenters. The number of nitrogen functional groups attached to an aromatic ring is 1. The van der Waals surface area contributed by atoms with Crippen LogP contribution in [0, 0.1) is 11.3 Å². The van der Waals surface area contributed by atoms with Crippen LogP contribution in [0.4, 0.5) is 5.69 Å². The maximum Gasteiger partial charge on any atom is 0.184 e. The normalized spacial score (nSPS) is 15.9. The van der Waals surface area contributed by atoms with Gasteiger partial charge in [-0.05, 0) is 45.8 Å². The number of anilines is 1. The van der Waals surface area contributed by atoms with E-state index in [9.17, 15) is 5.26 Å². The molecule has 0 fully saturated rings. The van der Waals surface area contributed by atoms with Crippen LogP contribution in [0.15, 0.2) is 40.4 Å². The summed E-state index contributed by atoms with van der Waals surface area (Å²) in [5.74, 6) is 1.64. The van der Waals surface area contributed by atoms with Gasteiger partial charge in [-0.2, -0.15) is 5.26 Å². The van der Waals surface area contributed by atoms with Gasteiger partial charge in [-0.1, -0.05) is 0 Å². The largest absolute Gasteiger partial charge is 0.493 e. The van der Waals surface area contributed by atoms with Crippen molar-refractivity contribution in [3.05, 3.63) is 51.5 Å². The summed E-state index contributed by atoms with van der Waals surface area (Å²) in [5, 5.41) is 9.61. The van der Waals surface area contributed by atoms with E-state index in [2.05, 4.69) is 22.0 Å². The fourth-order valence-electron chi connectivity index (χ4n) is 2.82. The first kappa shape index (κ1) is 17.1. The van der Waals surface area contributed by atoms with Crippen molar-refractivity contribution in [2.24, 2.45) is 5.73 Å². The predicted molar refractivity (Wildman–Crippen MR) is 98.3 cm³/mol. The molecule has 1 aliphatic heterocycles. The van der Waals surface area contributed by atoms with E-state index in [4.69, 9.17) is 25.7 Å². The number of nitriles is 1. The van der Waals surface area contributed by atoms with Crippen LogP contribution < -0.4 is 25.7 Å². The SMILES string of the molecule is COc1cc(C2=C(C#N)C(N)Oc3cc(N)ccc32)cc(Br)c1OC. The Labute approximate surface area is 153 Å². The second kappa shape index (κ2) is 6.67. The summed E-state index contributed by atoms with van der Waals surface area (Å²) < 4.78 is 17.1. The van der Waals surface area contributed by atoms with E-state index in [1.165, 1.54) is 0 Å². The first-order chi connectivity index (χ1) is 12.0. The van der Waals surface area contributed by atoms with Crippen molar-refractivity contribution in [3.63, 3.8) is 0 Å². The number of nitrogens with zero attached hydrogens (tertiary/aromatic N) is 1. The van der Waals surface area contributed by atoms with Gasteiger partial charge in [0.05, 0.1) is 24.3 Å². The monoisotopic (exact) mass is 401 g/mol. The van der Waals surface area contributed by atoms with Crippen molar-refractivity contribution in [3.8, 4) is 23.3 Å². The van der Waals surface area contributed by atoms with Crippen molar-refractivity contribution in [2.45, 2.75) is 6.23 Å². The van der Waals surface area contributed by atoms with Gasteiger partial charge in [0.25, 0.3) is 0 Å². The van der Waals surface area contributed by atoms with Gasteiger partial charge in [-0.3, -0.25) is 5.73 Å². The number of ether oxygens (including phenoxy) is 3. The van der Waals surface area contributed by atoms with Gasteiger partial charge >= 0.3 is 0 Å². The molecule has 7 heteroatoms. The topological polar surface area (TPSA) is 104 Å². The Balaban J connectivity index is 2.30. The molecule has 128 valence electrons. The van der Waals surface area contributed by atoms with Gasteiger partial charge in [-0.25, -0.2) is 0 Å². The third-order valence-electron chi connectivity index (χ3n) is 3.93. The Hall–Kier alpha value is -2.69. The fourth-order valence-corrected chi connectivity index (χ4v) is 3.42. The lowest BCUT2D eigenvalue weighted by molar-refractivity contribution is 0.245. The molecule has 3 rings (SSSR count). The van der Waals surface area contributed by atoms with Crippen molar-refractivity contribution in [1.29, 1.82) is 5.26 Å². The minimum atomic E-state index is -0.874. The smallest absolute Gasteiger partial charge is 0.184 e. The summed E-state index contributed by atoms with van der Waals surface area (Å²) in [5.41, 5.74) is 14.9. The first-order valence-electron chi connectivity index (χ1n) is 7.38. The number of hydrogen-bond donors (Lipinski definition) is 2. The lowest BCUT2D eigenvalue weighted by Gasteiger charge is -2.26. The highest BCUT2D eigenvalue weighted by Crippen LogP contribution is 2.44. The van der Waals surface area contributed by atoms with Crippen LogP contribution in [0.5, 0.6) is 17.2 Å². The van der Waals surface area contributed by atoms with Gasteiger partial charge in [-0.15, -0.1) is 0 Å². The highest BCUT2D eigenvalue weighted by molar-refractivity contribution is 9.10. The van der Waals surface area contributed by atoms with Crippen LogP contribution in [0.1, 0.15) is 11.1 Å². The molecule has 0 amide bonds. The molecular weight excluding hydrogens is 386 g/mol. The summed E-state index contributed by atoms with van der Waals surface area (Å²) in [6, 6.07) is 11.1. The number of methoxy groups -OCH3 is 2. The molecule has 0 saturated carbocycles. The Kier molecular flexibility index (Phi) is 4.57. The molecule has 0 radical (unpaired) electrons. The van der Waals surface area contributed by atoms with Crippen LogP contribution in [-0.4, -0.2) is 20.4 Å². The zero-order chi connectivity index (χ0) is 18.1. The molecular formula is C18H16BrN3O3. The Morgan fingerprint density at radius 3 is 2.60 bits per heavy atom. The van der Waals surface area contributed by atoms with Gasteiger partial charge in [0.1, 0.15) is 11.8 Å². The molecule has 1 aliphatic rings. The number of fused-ring (bicyclic) bond motifs is 1. The molecule has 0 aliphatic carbocycles. The summed E-state index contributed by atoms with van der Waals surface area (Å²) >= 11 is 3.48. The van der Waals surface area contributed by atoms with E-state index in [1.54, 1.807) is 32.4 Å². The lowest BCUT2D eigenvalue weighted by Crippen LogP contribution is -2.33. The third kappa shape index (κ3) is 2.90. The van der Waals surface area contributed by atoms with E-state index in [0.717, 1.165) is 11.1 Å². The highest BCUT2D eigenvalue weighted by atomic mass is 79.9. The van der Waals surface area contributed by atoms with Gasteiger partial charge in [0.2, 0.25) is 0 Å². The molecule has 1 atom stereocenters. The number of rotatable bonds is 3.